The fourth-order valence-electron chi connectivity index (χ4n) is 2.54. The Morgan fingerprint density at radius 2 is 2.00 bits per heavy atom. The standard InChI is InChI=1S/C13H24O4/c1-16-8-4-9-17-10-7-12(13(14)15)11-5-2-3-6-11/h11-12H,2-10H2,1H3,(H,14,15). The van der Waals surface area contributed by atoms with Gasteiger partial charge in [-0.05, 0) is 31.6 Å². The number of carboxylic acid groups (broad SMARTS) is 1. The van der Waals surface area contributed by atoms with Crippen LogP contribution in [-0.2, 0) is 14.3 Å². The van der Waals surface area contributed by atoms with Crippen LogP contribution in [0.15, 0.2) is 0 Å². The van der Waals surface area contributed by atoms with Gasteiger partial charge >= 0.3 is 5.97 Å². The lowest BCUT2D eigenvalue weighted by Crippen LogP contribution is -2.23. The SMILES string of the molecule is COCCCOCCC(C(=O)O)C1CCCC1. The quantitative estimate of drug-likeness (QED) is 0.632. The molecule has 17 heavy (non-hydrogen) atoms. The van der Waals surface area contributed by atoms with Crippen LogP contribution in [0.3, 0.4) is 0 Å². The fraction of sp³-hybridized carbons (Fsp3) is 0.923. The Kier molecular flexibility index (Phi) is 7.21. The van der Waals surface area contributed by atoms with Crippen molar-refractivity contribution < 1.29 is 19.4 Å². The lowest BCUT2D eigenvalue weighted by Gasteiger charge is -2.18. The summed E-state index contributed by atoms with van der Waals surface area (Å²) in [6.07, 6.45) is 6.03. The average molecular weight is 244 g/mol. The predicted octanol–water partition coefficient (Wildman–Crippen LogP) is 2.32. The summed E-state index contributed by atoms with van der Waals surface area (Å²) in [4.78, 5) is 11.2. The van der Waals surface area contributed by atoms with E-state index < -0.39 is 5.97 Å². The number of rotatable bonds is 9. The molecular weight excluding hydrogens is 220 g/mol. The minimum absolute atomic E-state index is 0.208. The number of carbonyl (C=O) groups is 1. The minimum atomic E-state index is -0.655. The van der Waals surface area contributed by atoms with Gasteiger partial charge in [-0.3, -0.25) is 4.79 Å². The second kappa shape index (κ2) is 8.48. The third-order valence-electron chi connectivity index (χ3n) is 3.50. The zero-order chi connectivity index (χ0) is 12.5. The van der Waals surface area contributed by atoms with E-state index in [9.17, 15) is 9.90 Å². The van der Waals surface area contributed by atoms with Gasteiger partial charge in [-0.1, -0.05) is 12.8 Å². The van der Waals surface area contributed by atoms with E-state index in [-0.39, 0.29) is 5.92 Å². The number of aliphatic carboxylic acids is 1. The van der Waals surface area contributed by atoms with Crippen molar-refractivity contribution in [3.05, 3.63) is 0 Å². The van der Waals surface area contributed by atoms with Crippen molar-refractivity contribution in [2.24, 2.45) is 11.8 Å². The van der Waals surface area contributed by atoms with E-state index in [1.165, 1.54) is 12.8 Å². The molecule has 4 nitrogen and oxygen atoms in total. The first-order valence-electron chi connectivity index (χ1n) is 6.55. The molecule has 1 atom stereocenters. The molecule has 1 aliphatic carbocycles. The molecule has 0 radical (unpaired) electrons. The summed E-state index contributed by atoms with van der Waals surface area (Å²) in [6, 6.07) is 0. The smallest absolute Gasteiger partial charge is 0.306 e. The van der Waals surface area contributed by atoms with Crippen molar-refractivity contribution in [3.8, 4) is 0 Å². The Hall–Kier alpha value is -0.610. The maximum atomic E-state index is 11.2. The summed E-state index contributed by atoms with van der Waals surface area (Å²) < 4.78 is 10.3. The highest BCUT2D eigenvalue weighted by Crippen LogP contribution is 2.33. The van der Waals surface area contributed by atoms with Crippen LogP contribution < -0.4 is 0 Å². The van der Waals surface area contributed by atoms with Gasteiger partial charge in [-0.25, -0.2) is 0 Å². The van der Waals surface area contributed by atoms with E-state index in [0.29, 0.717) is 32.2 Å². The Morgan fingerprint density at radius 3 is 2.59 bits per heavy atom. The molecule has 0 aromatic carbocycles. The third-order valence-corrected chi connectivity index (χ3v) is 3.50. The van der Waals surface area contributed by atoms with Crippen molar-refractivity contribution in [1.29, 1.82) is 0 Å². The van der Waals surface area contributed by atoms with Gasteiger partial charge in [0.2, 0.25) is 0 Å². The van der Waals surface area contributed by atoms with Gasteiger partial charge < -0.3 is 14.6 Å². The van der Waals surface area contributed by atoms with Gasteiger partial charge in [0, 0.05) is 26.9 Å². The number of ether oxygens (including phenoxy) is 2. The van der Waals surface area contributed by atoms with Crippen molar-refractivity contribution in [2.75, 3.05) is 26.9 Å². The molecule has 1 saturated carbocycles. The Balaban J connectivity index is 2.14. The molecule has 0 spiro atoms. The van der Waals surface area contributed by atoms with Crippen molar-refractivity contribution in [3.63, 3.8) is 0 Å². The van der Waals surface area contributed by atoms with E-state index >= 15 is 0 Å². The molecule has 100 valence electrons. The van der Waals surface area contributed by atoms with Crippen LogP contribution in [0.2, 0.25) is 0 Å². The lowest BCUT2D eigenvalue weighted by atomic mass is 9.88. The van der Waals surface area contributed by atoms with Crippen LogP contribution in [0, 0.1) is 11.8 Å². The number of hydrogen-bond donors (Lipinski definition) is 1. The molecule has 4 heteroatoms. The summed E-state index contributed by atoms with van der Waals surface area (Å²) >= 11 is 0. The summed E-state index contributed by atoms with van der Waals surface area (Å²) in [5.74, 6) is -0.493. The molecule has 0 heterocycles. The number of hydrogen-bond acceptors (Lipinski definition) is 3. The molecule has 1 rings (SSSR count). The molecule has 1 unspecified atom stereocenters. The molecule has 1 fully saturated rings. The normalized spacial score (nSPS) is 18.4. The summed E-state index contributed by atoms with van der Waals surface area (Å²) in [5, 5.41) is 9.20. The first kappa shape index (κ1) is 14.5. The zero-order valence-corrected chi connectivity index (χ0v) is 10.7. The highest BCUT2D eigenvalue weighted by atomic mass is 16.5. The van der Waals surface area contributed by atoms with E-state index in [1.54, 1.807) is 7.11 Å². The molecular formula is C13H24O4. The Bertz CT molecular complexity index is 211. The second-order valence-corrected chi connectivity index (χ2v) is 4.74. The van der Waals surface area contributed by atoms with Gasteiger partial charge in [-0.15, -0.1) is 0 Å². The maximum Gasteiger partial charge on any atom is 0.306 e. The van der Waals surface area contributed by atoms with Gasteiger partial charge in [0.05, 0.1) is 5.92 Å². The first-order valence-corrected chi connectivity index (χ1v) is 6.55. The van der Waals surface area contributed by atoms with E-state index in [2.05, 4.69) is 0 Å². The molecule has 0 saturated heterocycles. The summed E-state index contributed by atoms with van der Waals surface area (Å²) in [5.41, 5.74) is 0. The van der Waals surface area contributed by atoms with E-state index in [4.69, 9.17) is 9.47 Å². The van der Waals surface area contributed by atoms with Crippen LogP contribution in [0.1, 0.15) is 38.5 Å². The predicted molar refractivity (Wildman–Crippen MR) is 65.0 cm³/mol. The van der Waals surface area contributed by atoms with Gasteiger partial charge in [0.15, 0.2) is 0 Å². The molecule has 0 aromatic rings. The van der Waals surface area contributed by atoms with Gasteiger partial charge in [0.1, 0.15) is 0 Å². The number of carboxylic acids is 1. The molecule has 0 aliphatic heterocycles. The third kappa shape index (κ3) is 5.50. The molecule has 1 aliphatic rings. The fourth-order valence-corrected chi connectivity index (χ4v) is 2.54. The van der Waals surface area contributed by atoms with Gasteiger partial charge in [-0.2, -0.15) is 0 Å². The average Bonchev–Trinajstić information content (AvgIpc) is 2.81. The number of methoxy groups -OCH3 is 1. The molecule has 0 aromatic heterocycles. The highest BCUT2D eigenvalue weighted by molar-refractivity contribution is 5.70. The van der Waals surface area contributed by atoms with Crippen LogP contribution in [0.4, 0.5) is 0 Å². The maximum absolute atomic E-state index is 11.2. The zero-order valence-electron chi connectivity index (χ0n) is 10.7. The van der Waals surface area contributed by atoms with E-state index in [1.807, 2.05) is 0 Å². The van der Waals surface area contributed by atoms with Crippen LogP contribution in [-0.4, -0.2) is 38.0 Å². The second-order valence-electron chi connectivity index (χ2n) is 4.74. The summed E-state index contributed by atoms with van der Waals surface area (Å²) in [6.45, 7) is 1.91. The Labute approximate surface area is 103 Å². The summed E-state index contributed by atoms with van der Waals surface area (Å²) in [7, 11) is 1.67. The minimum Gasteiger partial charge on any atom is -0.481 e. The van der Waals surface area contributed by atoms with Crippen LogP contribution in [0.25, 0.3) is 0 Å². The van der Waals surface area contributed by atoms with Crippen LogP contribution in [0.5, 0.6) is 0 Å². The molecule has 0 amide bonds. The molecule has 0 bridgehead atoms. The first-order chi connectivity index (χ1) is 8.25. The van der Waals surface area contributed by atoms with E-state index in [0.717, 1.165) is 19.3 Å². The van der Waals surface area contributed by atoms with Crippen molar-refractivity contribution in [2.45, 2.75) is 38.5 Å². The van der Waals surface area contributed by atoms with Crippen molar-refractivity contribution in [1.82, 2.24) is 0 Å². The topological polar surface area (TPSA) is 55.8 Å². The van der Waals surface area contributed by atoms with Crippen molar-refractivity contribution >= 4 is 5.97 Å². The van der Waals surface area contributed by atoms with Crippen LogP contribution >= 0.6 is 0 Å². The largest absolute Gasteiger partial charge is 0.481 e. The highest BCUT2D eigenvalue weighted by Gasteiger charge is 2.29. The van der Waals surface area contributed by atoms with Gasteiger partial charge in [0.25, 0.3) is 0 Å². The monoisotopic (exact) mass is 244 g/mol. The lowest BCUT2D eigenvalue weighted by molar-refractivity contribution is -0.144. The molecule has 1 N–H and O–H groups in total. The Morgan fingerprint density at radius 1 is 1.29 bits per heavy atom.